The van der Waals surface area contributed by atoms with Crippen LogP contribution < -0.4 is 4.72 Å². The van der Waals surface area contributed by atoms with Crippen LogP contribution in [0.3, 0.4) is 0 Å². The predicted octanol–water partition coefficient (Wildman–Crippen LogP) is 3.93. The molecule has 0 aliphatic heterocycles. The van der Waals surface area contributed by atoms with Crippen molar-refractivity contribution in [2.75, 3.05) is 13.1 Å². The van der Waals surface area contributed by atoms with Crippen LogP contribution in [0.4, 0.5) is 0 Å². The Balaban J connectivity index is 1.63. The average molecular weight is 429 g/mol. The van der Waals surface area contributed by atoms with Crippen molar-refractivity contribution in [3.8, 4) is 0 Å². The van der Waals surface area contributed by atoms with Crippen LogP contribution in [0.25, 0.3) is 0 Å². The molecule has 0 bridgehead atoms. The van der Waals surface area contributed by atoms with Crippen molar-refractivity contribution in [1.29, 1.82) is 0 Å². The van der Waals surface area contributed by atoms with Crippen LogP contribution in [-0.2, 0) is 23.0 Å². The van der Waals surface area contributed by atoms with Gasteiger partial charge in [0.05, 0.1) is 4.90 Å². The molecule has 1 N–H and O–H groups in total. The van der Waals surface area contributed by atoms with E-state index in [1.165, 1.54) is 29.0 Å². The van der Waals surface area contributed by atoms with E-state index in [1.807, 2.05) is 54.8 Å². The summed E-state index contributed by atoms with van der Waals surface area (Å²) in [6.07, 6.45) is 0.777. The number of nitrogens with one attached hydrogen (secondary N) is 1. The number of sulfonamides is 1. The van der Waals surface area contributed by atoms with E-state index in [2.05, 4.69) is 4.72 Å². The highest BCUT2D eigenvalue weighted by Gasteiger charge is 2.17. The Morgan fingerprint density at radius 2 is 1.72 bits per heavy atom. The van der Waals surface area contributed by atoms with Gasteiger partial charge in [0, 0.05) is 30.1 Å². The molecule has 152 valence electrons. The molecule has 1 aromatic heterocycles. The first-order valence-corrected chi connectivity index (χ1v) is 11.8. The summed E-state index contributed by atoms with van der Waals surface area (Å²) in [6, 6.07) is 19.9. The van der Waals surface area contributed by atoms with Crippen molar-refractivity contribution < 1.29 is 13.2 Å². The molecular formula is C22H24N2O3S2. The Bertz CT molecular complexity index is 1020. The molecule has 0 atom stereocenters. The second-order valence-electron chi connectivity index (χ2n) is 6.55. The molecule has 5 nitrogen and oxygen atoms in total. The minimum atomic E-state index is -3.62. The van der Waals surface area contributed by atoms with Crippen molar-refractivity contribution >= 4 is 27.3 Å². The summed E-state index contributed by atoms with van der Waals surface area (Å²) >= 11 is 1.50. The highest BCUT2D eigenvalue weighted by atomic mass is 32.2. The number of amides is 1. The zero-order valence-electron chi connectivity index (χ0n) is 16.2. The largest absolute Gasteiger partial charge is 0.339 e. The lowest BCUT2D eigenvalue weighted by atomic mass is 10.1. The molecule has 29 heavy (non-hydrogen) atoms. The monoisotopic (exact) mass is 428 g/mol. The fraction of sp³-hybridized carbons (Fsp3) is 0.227. The van der Waals surface area contributed by atoms with Gasteiger partial charge in [-0.15, -0.1) is 11.3 Å². The van der Waals surface area contributed by atoms with Crippen LogP contribution in [0.5, 0.6) is 0 Å². The summed E-state index contributed by atoms with van der Waals surface area (Å²) in [5, 5.41) is 1.90. The van der Waals surface area contributed by atoms with E-state index in [-0.39, 0.29) is 17.3 Å². The molecule has 7 heteroatoms. The van der Waals surface area contributed by atoms with Crippen molar-refractivity contribution in [3.63, 3.8) is 0 Å². The van der Waals surface area contributed by atoms with E-state index in [9.17, 15) is 13.2 Å². The number of rotatable bonds is 9. The first kappa shape index (κ1) is 21.2. The van der Waals surface area contributed by atoms with Gasteiger partial charge in [0.15, 0.2) is 0 Å². The molecule has 3 rings (SSSR count). The van der Waals surface area contributed by atoms with Gasteiger partial charge in [-0.05, 0) is 54.6 Å². The topological polar surface area (TPSA) is 66.5 Å². The summed E-state index contributed by atoms with van der Waals surface area (Å²) in [5.41, 5.74) is 1.66. The maximum atomic E-state index is 12.8. The van der Waals surface area contributed by atoms with E-state index in [0.717, 1.165) is 11.3 Å². The molecule has 0 spiro atoms. The summed E-state index contributed by atoms with van der Waals surface area (Å²) in [5.74, 6) is -0.0982. The molecule has 0 fully saturated rings. The molecule has 0 unspecified atom stereocenters. The lowest BCUT2D eigenvalue weighted by Crippen LogP contribution is -2.32. The van der Waals surface area contributed by atoms with Gasteiger partial charge in [0.25, 0.3) is 5.91 Å². The summed E-state index contributed by atoms with van der Waals surface area (Å²) in [4.78, 5) is 15.7. The van der Waals surface area contributed by atoms with Crippen LogP contribution in [0.1, 0.15) is 27.7 Å². The number of thiophene rings is 1. The van der Waals surface area contributed by atoms with Crippen molar-refractivity contribution in [2.24, 2.45) is 0 Å². The van der Waals surface area contributed by atoms with Gasteiger partial charge in [-0.1, -0.05) is 36.4 Å². The fourth-order valence-corrected chi connectivity index (χ4v) is 4.68. The second-order valence-corrected chi connectivity index (χ2v) is 9.35. The number of hydrogen-bond donors (Lipinski definition) is 1. The number of likely N-dealkylation sites (N-methyl/N-ethyl adjacent to an activating group) is 1. The normalized spacial score (nSPS) is 11.3. The van der Waals surface area contributed by atoms with Crippen LogP contribution in [0.2, 0.25) is 0 Å². The first-order chi connectivity index (χ1) is 14.0. The van der Waals surface area contributed by atoms with E-state index < -0.39 is 10.0 Å². The number of hydrogen-bond acceptors (Lipinski definition) is 4. The van der Waals surface area contributed by atoms with E-state index in [0.29, 0.717) is 18.7 Å². The van der Waals surface area contributed by atoms with Crippen LogP contribution in [0.15, 0.2) is 77.0 Å². The minimum Gasteiger partial charge on any atom is -0.339 e. The van der Waals surface area contributed by atoms with Gasteiger partial charge >= 0.3 is 0 Å². The van der Waals surface area contributed by atoms with Gasteiger partial charge in [0.2, 0.25) is 10.0 Å². The Hall–Kier alpha value is -2.48. The van der Waals surface area contributed by atoms with Crippen LogP contribution in [0, 0.1) is 0 Å². The fourth-order valence-electron chi connectivity index (χ4n) is 2.93. The summed E-state index contributed by atoms with van der Waals surface area (Å²) in [7, 11) is -3.62. The highest BCUT2D eigenvalue weighted by Crippen LogP contribution is 2.15. The molecule has 0 saturated heterocycles. The lowest BCUT2D eigenvalue weighted by molar-refractivity contribution is 0.0766. The SMILES string of the molecule is CCN(CCc1ccccc1)C(=O)c1ccc(S(=O)(=O)NCc2cccs2)cc1. The van der Waals surface area contributed by atoms with Gasteiger partial charge < -0.3 is 4.90 Å². The highest BCUT2D eigenvalue weighted by molar-refractivity contribution is 7.89. The third kappa shape index (κ3) is 5.76. The molecule has 0 aliphatic carbocycles. The number of nitrogens with zero attached hydrogens (tertiary/aromatic N) is 1. The average Bonchev–Trinajstić information content (AvgIpc) is 3.27. The van der Waals surface area contributed by atoms with Crippen molar-refractivity contribution in [2.45, 2.75) is 24.8 Å². The molecule has 1 heterocycles. The van der Waals surface area contributed by atoms with Crippen molar-refractivity contribution in [1.82, 2.24) is 9.62 Å². The zero-order chi connectivity index (χ0) is 20.7. The Morgan fingerprint density at radius 3 is 2.34 bits per heavy atom. The van der Waals surface area contributed by atoms with E-state index >= 15 is 0 Å². The quantitative estimate of drug-likeness (QED) is 0.562. The van der Waals surface area contributed by atoms with Gasteiger partial charge in [-0.2, -0.15) is 0 Å². The van der Waals surface area contributed by atoms with Gasteiger partial charge in [0.1, 0.15) is 0 Å². The summed E-state index contributed by atoms with van der Waals surface area (Å²) < 4.78 is 27.5. The number of carbonyl (C=O) groups is 1. The van der Waals surface area contributed by atoms with E-state index in [1.54, 1.807) is 17.0 Å². The van der Waals surface area contributed by atoms with Crippen LogP contribution >= 0.6 is 11.3 Å². The minimum absolute atomic E-state index is 0.0982. The smallest absolute Gasteiger partial charge is 0.253 e. The Morgan fingerprint density at radius 1 is 1.00 bits per heavy atom. The zero-order valence-corrected chi connectivity index (χ0v) is 17.9. The molecule has 0 radical (unpaired) electrons. The molecule has 0 aliphatic rings. The third-order valence-electron chi connectivity index (χ3n) is 4.61. The molecule has 0 saturated carbocycles. The Labute approximate surface area is 176 Å². The van der Waals surface area contributed by atoms with E-state index in [4.69, 9.17) is 0 Å². The maximum absolute atomic E-state index is 12.8. The molecule has 1 amide bonds. The van der Waals surface area contributed by atoms with Gasteiger partial charge in [-0.25, -0.2) is 13.1 Å². The third-order valence-corrected chi connectivity index (χ3v) is 6.90. The first-order valence-electron chi connectivity index (χ1n) is 9.45. The summed E-state index contributed by atoms with van der Waals surface area (Å²) in [6.45, 7) is 3.40. The maximum Gasteiger partial charge on any atom is 0.253 e. The standard InChI is InChI=1S/C22H24N2O3S2/c1-2-24(15-14-18-7-4-3-5-8-18)22(25)19-10-12-21(13-11-19)29(26,27)23-17-20-9-6-16-28-20/h3-13,16,23H,2,14-15,17H2,1H3. The molecule has 2 aromatic carbocycles. The Kier molecular flexibility index (Phi) is 7.19. The second kappa shape index (κ2) is 9.82. The molecular weight excluding hydrogens is 404 g/mol. The van der Waals surface area contributed by atoms with Crippen molar-refractivity contribution in [3.05, 3.63) is 88.1 Å². The predicted molar refractivity (Wildman–Crippen MR) is 117 cm³/mol. The number of benzene rings is 2. The number of carbonyl (C=O) groups excluding carboxylic acids is 1. The van der Waals surface area contributed by atoms with Crippen LogP contribution in [-0.4, -0.2) is 32.3 Å². The van der Waals surface area contributed by atoms with Gasteiger partial charge in [-0.3, -0.25) is 4.79 Å². The lowest BCUT2D eigenvalue weighted by Gasteiger charge is -2.21. The molecule has 3 aromatic rings.